The van der Waals surface area contributed by atoms with Crippen LogP contribution in [-0.2, 0) is 6.54 Å². The number of pyridine rings is 1. The number of nitrogens with two attached hydrogens (primary N) is 1. The lowest BCUT2D eigenvalue weighted by molar-refractivity contribution is 0.1000. The third-order valence-corrected chi connectivity index (χ3v) is 1.41. The molecule has 6 heteroatoms. The maximum absolute atomic E-state index is 10.6. The minimum atomic E-state index is -0.525. The normalized spacial score (nSPS) is 8.92. The summed E-state index contributed by atoms with van der Waals surface area (Å²) in [7, 11) is 0. The van der Waals surface area contributed by atoms with Crippen LogP contribution in [0.5, 0.6) is 0 Å². The van der Waals surface area contributed by atoms with Crippen molar-refractivity contribution in [1.82, 2.24) is 4.98 Å². The van der Waals surface area contributed by atoms with Crippen LogP contribution in [0.25, 0.3) is 10.4 Å². The van der Waals surface area contributed by atoms with Gasteiger partial charge >= 0.3 is 0 Å². The minimum absolute atomic E-state index is 0.176. The van der Waals surface area contributed by atoms with E-state index in [1.807, 2.05) is 0 Å². The van der Waals surface area contributed by atoms with Gasteiger partial charge in [0.1, 0.15) is 0 Å². The summed E-state index contributed by atoms with van der Waals surface area (Å²) in [6.45, 7) is 0.176. The Hall–Kier alpha value is -2.07. The molecular weight excluding hydrogens is 170 g/mol. The van der Waals surface area contributed by atoms with Gasteiger partial charge < -0.3 is 5.73 Å². The highest BCUT2D eigenvalue weighted by Crippen LogP contribution is 2.00. The summed E-state index contributed by atoms with van der Waals surface area (Å²) in [6, 6.07) is 3.13. The zero-order valence-corrected chi connectivity index (χ0v) is 6.71. The smallest absolute Gasteiger partial charge is 0.250 e. The topological polar surface area (TPSA) is 105 Å². The van der Waals surface area contributed by atoms with Crippen molar-refractivity contribution in [3.05, 3.63) is 40.0 Å². The van der Waals surface area contributed by atoms with E-state index in [0.717, 1.165) is 0 Å². The molecule has 0 fully saturated rings. The van der Waals surface area contributed by atoms with Crippen LogP contribution < -0.4 is 5.73 Å². The Bertz CT molecular complexity index is 352. The fraction of sp³-hybridized carbons (Fsp3) is 0.143. The van der Waals surface area contributed by atoms with Gasteiger partial charge in [-0.05, 0) is 17.7 Å². The van der Waals surface area contributed by atoms with Crippen molar-refractivity contribution in [1.29, 1.82) is 0 Å². The van der Waals surface area contributed by atoms with E-state index in [9.17, 15) is 4.79 Å². The van der Waals surface area contributed by atoms with Crippen LogP contribution in [0.3, 0.4) is 0 Å². The van der Waals surface area contributed by atoms with Gasteiger partial charge in [-0.2, -0.15) is 0 Å². The van der Waals surface area contributed by atoms with E-state index in [1.165, 1.54) is 12.3 Å². The number of hydrogen-bond acceptors (Lipinski definition) is 3. The second-order valence-corrected chi connectivity index (χ2v) is 2.29. The molecular formula is C7H7N5O. The molecule has 13 heavy (non-hydrogen) atoms. The van der Waals surface area contributed by atoms with Crippen LogP contribution in [0.1, 0.15) is 16.1 Å². The van der Waals surface area contributed by atoms with Gasteiger partial charge in [0.05, 0.1) is 12.1 Å². The number of nitrogens with zero attached hydrogens (tertiary/aromatic N) is 4. The van der Waals surface area contributed by atoms with Crippen molar-refractivity contribution in [3.63, 3.8) is 0 Å². The molecule has 66 valence electrons. The molecule has 1 heterocycles. The molecule has 1 amide bonds. The van der Waals surface area contributed by atoms with Crippen molar-refractivity contribution in [2.45, 2.75) is 6.54 Å². The van der Waals surface area contributed by atoms with E-state index < -0.39 is 5.91 Å². The van der Waals surface area contributed by atoms with Gasteiger partial charge in [0, 0.05) is 16.8 Å². The maximum atomic E-state index is 10.6. The first-order valence-electron chi connectivity index (χ1n) is 3.49. The molecule has 2 N–H and O–H groups in total. The number of hydrogen-bond donors (Lipinski definition) is 1. The lowest BCUT2D eigenvalue weighted by Gasteiger charge is -1.96. The van der Waals surface area contributed by atoms with Crippen LogP contribution in [0, 0.1) is 0 Å². The van der Waals surface area contributed by atoms with Gasteiger partial charge in [-0.25, -0.2) is 0 Å². The fourth-order valence-electron chi connectivity index (χ4n) is 0.768. The molecule has 0 spiro atoms. The van der Waals surface area contributed by atoms with Crippen molar-refractivity contribution >= 4 is 5.91 Å². The monoisotopic (exact) mass is 177 g/mol. The molecule has 0 bridgehead atoms. The molecule has 0 aliphatic heterocycles. The average molecular weight is 177 g/mol. The third-order valence-electron chi connectivity index (χ3n) is 1.41. The molecule has 0 aliphatic rings. The summed E-state index contributed by atoms with van der Waals surface area (Å²) in [4.78, 5) is 17.1. The van der Waals surface area contributed by atoms with Crippen LogP contribution >= 0.6 is 0 Å². The number of amides is 1. The predicted molar refractivity (Wildman–Crippen MR) is 45.6 cm³/mol. The second-order valence-electron chi connectivity index (χ2n) is 2.29. The van der Waals surface area contributed by atoms with Crippen LogP contribution in [-0.4, -0.2) is 10.9 Å². The van der Waals surface area contributed by atoms with Crippen LogP contribution in [0.2, 0.25) is 0 Å². The Kier molecular flexibility index (Phi) is 2.83. The molecule has 0 aromatic carbocycles. The highest BCUT2D eigenvalue weighted by atomic mass is 16.1. The number of azide groups is 1. The number of carbonyl (C=O) groups is 1. The zero-order valence-electron chi connectivity index (χ0n) is 6.71. The summed E-state index contributed by atoms with van der Waals surface area (Å²) in [5.41, 5.74) is 14.0. The number of carbonyl (C=O) groups excluding carboxylic acids is 1. The molecule has 1 rings (SSSR count). The van der Waals surface area contributed by atoms with E-state index in [2.05, 4.69) is 15.0 Å². The van der Waals surface area contributed by atoms with E-state index in [4.69, 9.17) is 11.3 Å². The lowest BCUT2D eigenvalue weighted by atomic mass is 10.2. The second kappa shape index (κ2) is 4.08. The summed E-state index contributed by atoms with van der Waals surface area (Å²) < 4.78 is 0. The van der Waals surface area contributed by atoms with E-state index in [-0.39, 0.29) is 6.54 Å². The standard InChI is InChI=1S/C7H7N5O/c8-7(13)5-1-2-6(10-3-5)4-11-12-9/h1-3H,4H2,(H2,8,13). The van der Waals surface area contributed by atoms with E-state index >= 15 is 0 Å². The average Bonchev–Trinajstić information content (AvgIpc) is 2.15. The Morgan fingerprint density at radius 2 is 2.46 bits per heavy atom. The number of aromatic nitrogens is 1. The van der Waals surface area contributed by atoms with Gasteiger partial charge in [0.15, 0.2) is 0 Å². The largest absolute Gasteiger partial charge is 0.366 e. The molecule has 1 aromatic rings. The third kappa shape index (κ3) is 2.46. The summed E-state index contributed by atoms with van der Waals surface area (Å²) in [6.07, 6.45) is 1.35. The predicted octanol–water partition coefficient (Wildman–Crippen LogP) is 0.991. The summed E-state index contributed by atoms with van der Waals surface area (Å²) >= 11 is 0. The van der Waals surface area contributed by atoms with Crippen LogP contribution in [0.15, 0.2) is 23.4 Å². The van der Waals surface area contributed by atoms with Crippen molar-refractivity contribution < 1.29 is 4.79 Å². The zero-order chi connectivity index (χ0) is 9.68. The molecule has 0 unspecified atom stereocenters. The first-order chi connectivity index (χ1) is 6.24. The Balaban J connectivity index is 2.80. The highest BCUT2D eigenvalue weighted by Gasteiger charge is 1.99. The van der Waals surface area contributed by atoms with Crippen molar-refractivity contribution in [3.8, 4) is 0 Å². The number of primary amides is 1. The first-order valence-corrected chi connectivity index (χ1v) is 3.49. The van der Waals surface area contributed by atoms with Crippen molar-refractivity contribution in [2.75, 3.05) is 0 Å². The van der Waals surface area contributed by atoms with Gasteiger partial charge in [-0.1, -0.05) is 5.11 Å². The summed E-state index contributed by atoms with van der Waals surface area (Å²) in [5.74, 6) is -0.525. The van der Waals surface area contributed by atoms with Gasteiger partial charge in [-0.15, -0.1) is 0 Å². The van der Waals surface area contributed by atoms with Gasteiger partial charge in [-0.3, -0.25) is 9.78 Å². The first kappa shape index (κ1) is 9.02. The molecule has 0 saturated heterocycles. The molecule has 1 aromatic heterocycles. The molecule has 0 radical (unpaired) electrons. The molecule has 0 saturated carbocycles. The minimum Gasteiger partial charge on any atom is -0.366 e. The Morgan fingerprint density at radius 3 is 2.92 bits per heavy atom. The van der Waals surface area contributed by atoms with Gasteiger partial charge in [0.2, 0.25) is 5.91 Å². The number of rotatable bonds is 3. The van der Waals surface area contributed by atoms with Crippen molar-refractivity contribution in [2.24, 2.45) is 10.8 Å². The Morgan fingerprint density at radius 1 is 1.69 bits per heavy atom. The lowest BCUT2D eigenvalue weighted by Crippen LogP contribution is -2.11. The van der Waals surface area contributed by atoms with Gasteiger partial charge in [0.25, 0.3) is 0 Å². The van der Waals surface area contributed by atoms with E-state index in [0.29, 0.717) is 11.3 Å². The quantitative estimate of drug-likeness (QED) is 0.422. The fourth-order valence-corrected chi connectivity index (χ4v) is 0.768. The Labute approximate surface area is 74.0 Å². The molecule has 0 atom stereocenters. The molecule has 6 nitrogen and oxygen atoms in total. The van der Waals surface area contributed by atoms with E-state index in [1.54, 1.807) is 6.07 Å². The maximum Gasteiger partial charge on any atom is 0.250 e. The summed E-state index contributed by atoms with van der Waals surface area (Å²) in [5, 5.41) is 3.32. The highest BCUT2D eigenvalue weighted by molar-refractivity contribution is 5.92. The van der Waals surface area contributed by atoms with Crippen LogP contribution in [0.4, 0.5) is 0 Å². The SMILES string of the molecule is [N-]=[N+]=NCc1ccc(C(N)=O)cn1. The molecule has 0 aliphatic carbocycles.